The van der Waals surface area contributed by atoms with E-state index >= 15 is 0 Å². The predicted molar refractivity (Wildman–Crippen MR) is 112 cm³/mol. The first kappa shape index (κ1) is 19.3. The van der Waals surface area contributed by atoms with E-state index in [-0.39, 0.29) is 11.8 Å². The molecule has 0 radical (unpaired) electrons. The van der Waals surface area contributed by atoms with Gasteiger partial charge in [0.25, 0.3) is 0 Å². The first-order valence-electron chi connectivity index (χ1n) is 10.2. The van der Waals surface area contributed by atoms with E-state index in [4.69, 9.17) is 0 Å². The van der Waals surface area contributed by atoms with Gasteiger partial charge in [0, 0.05) is 31.0 Å². The van der Waals surface area contributed by atoms with Crippen LogP contribution in [0.15, 0.2) is 28.1 Å². The van der Waals surface area contributed by atoms with Crippen LogP contribution in [0.1, 0.15) is 50.5 Å². The van der Waals surface area contributed by atoms with Gasteiger partial charge in [-0.2, -0.15) is 0 Å². The van der Waals surface area contributed by atoms with Gasteiger partial charge in [0.2, 0.25) is 17.8 Å². The van der Waals surface area contributed by atoms with E-state index in [9.17, 15) is 9.59 Å². The molecule has 2 heterocycles. The zero-order valence-corrected chi connectivity index (χ0v) is 17.3. The van der Waals surface area contributed by atoms with Crippen molar-refractivity contribution in [2.45, 2.75) is 62.4 Å². The number of hydrogen-bond acceptors (Lipinski definition) is 5. The van der Waals surface area contributed by atoms with E-state index in [0.29, 0.717) is 31.5 Å². The SMILES string of the molecule is CN(C(=O)CCCSc1ccc2c(c1)CN1CC(=O)NC1=N2)C1CCCCC1. The molecule has 1 N–H and O–H groups in total. The molecule has 2 aliphatic heterocycles. The van der Waals surface area contributed by atoms with E-state index < -0.39 is 0 Å². The molecule has 0 aromatic heterocycles. The molecule has 1 aromatic rings. The summed E-state index contributed by atoms with van der Waals surface area (Å²) in [4.78, 5) is 33.7. The summed E-state index contributed by atoms with van der Waals surface area (Å²) in [6.07, 6.45) is 7.66. The highest BCUT2D eigenvalue weighted by Crippen LogP contribution is 2.31. The average molecular weight is 401 g/mol. The standard InChI is InChI=1S/C21H28N4O2S/c1-24(16-6-3-2-4-7-16)20(27)8-5-11-28-17-9-10-18-15(12-17)13-25-14-19(26)23-21(25)22-18/h9-10,12,16H,2-8,11,13-14H2,1H3,(H,22,23,26). The number of nitrogens with zero attached hydrogens (tertiary/aromatic N) is 3. The number of fused-ring (bicyclic) bond motifs is 2. The van der Waals surface area contributed by atoms with Gasteiger partial charge in [-0.3, -0.25) is 14.9 Å². The van der Waals surface area contributed by atoms with Gasteiger partial charge in [-0.25, -0.2) is 4.99 Å². The van der Waals surface area contributed by atoms with Crippen LogP contribution >= 0.6 is 11.8 Å². The largest absolute Gasteiger partial charge is 0.343 e. The average Bonchev–Trinajstić information content (AvgIpc) is 3.08. The zero-order chi connectivity index (χ0) is 19.5. The number of rotatable bonds is 6. The third kappa shape index (κ3) is 4.35. The highest BCUT2D eigenvalue weighted by Gasteiger charge is 2.29. The summed E-state index contributed by atoms with van der Waals surface area (Å²) in [6, 6.07) is 6.72. The molecule has 7 heteroatoms. The maximum Gasteiger partial charge on any atom is 0.246 e. The monoisotopic (exact) mass is 400 g/mol. The molecule has 3 aliphatic rings. The van der Waals surface area contributed by atoms with E-state index in [0.717, 1.165) is 36.3 Å². The number of guanidine groups is 1. The topological polar surface area (TPSA) is 65.0 Å². The van der Waals surface area contributed by atoms with Crippen molar-refractivity contribution in [1.29, 1.82) is 0 Å². The molecule has 1 saturated carbocycles. The summed E-state index contributed by atoms with van der Waals surface area (Å²) in [5.41, 5.74) is 2.08. The molecule has 0 spiro atoms. The highest BCUT2D eigenvalue weighted by atomic mass is 32.2. The molecule has 28 heavy (non-hydrogen) atoms. The quantitative estimate of drug-likeness (QED) is 0.588. The molecule has 6 nitrogen and oxygen atoms in total. The van der Waals surface area contributed by atoms with Crippen molar-refractivity contribution in [3.8, 4) is 0 Å². The van der Waals surface area contributed by atoms with Crippen LogP contribution in [0.25, 0.3) is 0 Å². The van der Waals surface area contributed by atoms with Gasteiger partial charge >= 0.3 is 0 Å². The van der Waals surface area contributed by atoms with Crippen LogP contribution < -0.4 is 5.32 Å². The van der Waals surface area contributed by atoms with Crippen molar-refractivity contribution in [3.63, 3.8) is 0 Å². The molecule has 150 valence electrons. The molecule has 2 amide bonds. The summed E-state index contributed by atoms with van der Waals surface area (Å²) >= 11 is 1.79. The fourth-order valence-electron chi connectivity index (χ4n) is 4.19. The number of nitrogens with one attached hydrogen (secondary N) is 1. The molecule has 1 aromatic carbocycles. The summed E-state index contributed by atoms with van der Waals surface area (Å²) in [5, 5.41) is 2.79. The number of carbonyl (C=O) groups is 2. The fourth-order valence-corrected chi connectivity index (χ4v) is 5.10. The normalized spacial score (nSPS) is 19.0. The first-order valence-corrected chi connectivity index (χ1v) is 11.2. The Morgan fingerprint density at radius 1 is 1.29 bits per heavy atom. The Balaban J connectivity index is 1.25. The molecule has 1 saturated heterocycles. The second kappa shape index (κ2) is 8.55. The summed E-state index contributed by atoms with van der Waals surface area (Å²) in [6.45, 7) is 1.10. The first-order chi connectivity index (χ1) is 13.6. The zero-order valence-electron chi connectivity index (χ0n) is 16.4. The number of hydrogen-bond donors (Lipinski definition) is 1. The maximum absolute atomic E-state index is 12.4. The van der Waals surface area contributed by atoms with Crippen LogP contribution in [-0.4, -0.2) is 53.0 Å². The molecule has 2 fully saturated rings. The van der Waals surface area contributed by atoms with Crippen molar-refractivity contribution in [1.82, 2.24) is 15.1 Å². The van der Waals surface area contributed by atoms with Crippen LogP contribution in [0.3, 0.4) is 0 Å². The smallest absolute Gasteiger partial charge is 0.246 e. The third-order valence-electron chi connectivity index (χ3n) is 5.84. The van der Waals surface area contributed by atoms with Gasteiger partial charge < -0.3 is 9.80 Å². The van der Waals surface area contributed by atoms with E-state index in [1.807, 2.05) is 22.9 Å². The number of thioether (sulfide) groups is 1. The van der Waals surface area contributed by atoms with Gasteiger partial charge in [-0.1, -0.05) is 19.3 Å². The van der Waals surface area contributed by atoms with Crippen LogP contribution in [0.4, 0.5) is 5.69 Å². The molecular formula is C21H28N4O2S. The highest BCUT2D eigenvalue weighted by molar-refractivity contribution is 7.99. The third-order valence-corrected chi connectivity index (χ3v) is 6.92. The predicted octanol–water partition coefficient (Wildman–Crippen LogP) is 3.28. The lowest BCUT2D eigenvalue weighted by molar-refractivity contribution is -0.132. The Kier molecular flexibility index (Phi) is 5.90. The Labute approximate surface area is 170 Å². The Morgan fingerprint density at radius 3 is 2.93 bits per heavy atom. The number of aliphatic imine (C=N–C) groups is 1. The lowest BCUT2D eigenvalue weighted by Gasteiger charge is -2.31. The molecular weight excluding hydrogens is 372 g/mol. The van der Waals surface area contributed by atoms with Crippen molar-refractivity contribution < 1.29 is 9.59 Å². The van der Waals surface area contributed by atoms with Gasteiger partial charge in [-0.15, -0.1) is 11.8 Å². The molecule has 1 aliphatic carbocycles. The Hall–Kier alpha value is -2.02. The minimum Gasteiger partial charge on any atom is -0.343 e. The van der Waals surface area contributed by atoms with Gasteiger partial charge in [0.15, 0.2) is 0 Å². The van der Waals surface area contributed by atoms with Crippen LogP contribution in [0.5, 0.6) is 0 Å². The summed E-state index contributed by atoms with van der Waals surface area (Å²) in [5.74, 6) is 1.88. The van der Waals surface area contributed by atoms with E-state index in [2.05, 4.69) is 22.4 Å². The molecule has 0 atom stereocenters. The van der Waals surface area contributed by atoms with Crippen molar-refractivity contribution in [2.75, 3.05) is 19.3 Å². The minimum atomic E-state index is 0.00372. The minimum absolute atomic E-state index is 0.00372. The number of amides is 2. The lowest BCUT2D eigenvalue weighted by Crippen LogP contribution is -2.38. The Morgan fingerprint density at radius 2 is 2.11 bits per heavy atom. The second-order valence-electron chi connectivity index (χ2n) is 7.88. The van der Waals surface area contributed by atoms with Crippen molar-refractivity contribution in [2.24, 2.45) is 4.99 Å². The molecule has 0 bridgehead atoms. The van der Waals surface area contributed by atoms with Crippen LogP contribution in [0.2, 0.25) is 0 Å². The van der Waals surface area contributed by atoms with Crippen molar-refractivity contribution in [3.05, 3.63) is 23.8 Å². The van der Waals surface area contributed by atoms with Gasteiger partial charge in [0.1, 0.15) is 6.54 Å². The van der Waals surface area contributed by atoms with Crippen molar-refractivity contribution >= 4 is 35.2 Å². The fraction of sp³-hybridized carbons (Fsp3) is 0.571. The van der Waals surface area contributed by atoms with Gasteiger partial charge in [0.05, 0.1) is 5.69 Å². The number of carbonyl (C=O) groups excluding carboxylic acids is 2. The van der Waals surface area contributed by atoms with E-state index in [1.165, 1.54) is 24.2 Å². The van der Waals surface area contributed by atoms with Gasteiger partial charge in [-0.05, 0) is 48.8 Å². The molecule has 4 rings (SSSR count). The van der Waals surface area contributed by atoms with Crippen LogP contribution in [0, 0.1) is 0 Å². The summed E-state index contributed by atoms with van der Waals surface area (Å²) in [7, 11) is 1.97. The summed E-state index contributed by atoms with van der Waals surface area (Å²) < 4.78 is 0. The second-order valence-corrected chi connectivity index (χ2v) is 9.05. The number of benzene rings is 1. The van der Waals surface area contributed by atoms with E-state index in [1.54, 1.807) is 11.8 Å². The Bertz CT molecular complexity index is 789. The lowest BCUT2D eigenvalue weighted by atomic mass is 9.94. The van der Waals surface area contributed by atoms with Crippen LogP contribution in [-0.2, 0) is 16.1 Å². The maximum atomic E-state index is 12.4. The molecule has 0 unspecified atom stereocenters.